The van der Waals surface area contributed by atoms with Gasteiger partial charge in [-0.2, -0.15) is 0 Å². The Morgan fingerprint density at radius 1 is 1.32 bits per heavy atom. The van der Waals surface area contributed by atoms with Crippen LogP contribution < -0.4 is 14.8 Å². The predicted molar refractivity (Wildman–Crippen MR) is 128 cm³/mol. The van der Waals surface area contributed by atoms with Gasteiger partial charge >= 0.3 is 0 Å². The number of ether oxygens (including phenoxy) is 3. The van der Waals surface area contributed by atoms with E-state index in [2.05, 4.69) is 41.1 Å². The molecular weight excluding hydrogens is 428 g/mol. The number of piperidine rings is 1. The number of carbonyl (C=O) groups is 1. The Balaban J connectivity index is 1.45. The molecule has 1 N–H and O–H groups in total. The Labute approximate surface area is 201 Å². The number of amides is 1. The summed E-state index contributed by atoms with van der Waals surface area (Å²) >= 11 is 0. The van der Waals surface area contributed by atoms with Gasteiger partial charge in [-0.1, -0.05) is 24.3 Å². The van der Waals surface area contributed by atoms with Crippen LogP contribution in [0.15, 0.2) is 36.9 Å². The van der Waals surface area contributed by atoms with Gasteiger partial charge in [0.05, 0.1) is 18.4 Å². The van der Waals surface area contributed by atoms with Crippen molar-refractivity contribution in [3.05, 3.63) is 48.1 Å². The van der Waals surface area contributed by atoms with Crippen LogP contribution in [0.5, 0.6) is 11.5 Å². The molecule has 180 valence electrons. The molecule has 7 aliphatic rings. The van der Waals surface area contributed by atoms with E-state index in [1.54, 1.807) is 20.3 Å². The zero-order valence-corrected chi connectivity index (χ0v) is 20.1. The lowest BCUT2D eigenvalue weighted by atomic mass is 9.37. The maximum atomic E-state index is 13.6. The average molecular weight is 463 g/mol. The smallest absolute Gasteiger partial charge is 0.226 e. The maximum absolute atomic E-state index is 13.6. The zero-order valence-electron chi connectivity index (χ0n) is 20.1. The summed E-state index contributed by atoms with van der Waals surface area (Å²) in [4.78, 5) is 16.3. The van der Waals surface area contributed by atoms with Crippen molar-refractivity contribution in [1.82, 2.24) is 10.2 Å². The number of hydrogen-bond acceptors (Lipinski definition) is 5. The molecule has 2 aliphatic heterocycles. The quantitative estimate of drug-likeness (QED) is 0.632. The van der Waals surface area contributed by atoms with Crippen molar-refractivity contribution in [2.45, 2.75) is 55.3 Å². The summed E-state index contributed by atoms with van der Waals surface area (Å²) in [7, 11) is 3.45. The molecule has 1 aromatic carbocycles. The molecule has 6 heteroatoms. The fraction of sp³-hybridized carbons (Fsp3) is 0.607. The summed E-state index contributed by atoms with van der Waals surface area (Å²) in [6.07, 6.45) is 11.6. The molecule has 2 spiro atoms. The molecule has 6 nitrogen and oxygen atoms in total. The van der Waals surface area contributed by atoms with Crippen LogP contribution in [0.4, 0.5) is 0 Å². The Morgan fingerprint density at radius 2 is 2.18 bits per heavy atom. The Bertz CT molecular complexity index is 1110. The monoisotopic (exact) mass is 462 g/mol. The van der Waals surface area contributed by atoms with Crippen LogP contribution in [0.2, 0.25) is 0 Å². The van der Waals surface area contributed by atoms with Gasteiger partial charge in [0.15, 0.2) is 11.5 Å². The van der Waals surface area contributed by atoms with Crippen LogP contribution in [-0.2, 0) is 21.4 Å². The molecule has 2 unspecified atom stereocenters. The Kier molecular flexibility index (Phi) is 4.25. The number of hydrogen-bond donors (Lipinski definition) is 1. The molecule has 2 saturated carbocycles. The van der Waals surface area contributed by atoms with Gasteiger partial charge in [0.2, 0.25) is 5.91 Å². The number of benzene rings is 1. The SMILES string of the molecule is C=CCNC(=O)[C@H]1C[C@@]23C=CC1(OC)C1Oc4c(OC)ccc5c4[C@@]12CCN(CC1CC1)[C@H]3C5. The second kappa shape index (κ2) is 6.88. The number of methoxy groups -OCH3 is 2. The van der Waals surface area contributed by atoms with Gasteiger partial charge in [-0.15, -0.1) is 6.58 Å². The molecule has 8 rings (SSSR count). The van der Waals surface area contributed by atoms with Crippen molar-refractivity contribution in [3.63, 3.8) is 0 Å². The standard InChI is InChI=1S/C28H34N2O4/c1-4-12-29-24(31)19-15-26-9-10-28(19,33-3)25-27(26)11-13-30(16-17-5-6-17)21(26)14-18-7-8-20(32-2)23(34-25)22(18)27/h4,7-10,17,19,21,25H,1,5-6,11-16H2,2-3H3,(H,29,31)/t19-,21+,25?,26-,27+,28?/m1/s1. The highest BCUT2D eigenvalue weighted by atomic mass is 16.6. The molecule has 4 bridgehead atoms. The molecule has 2 heterocycles. The molecule has 1 aromatic rings. The number of fused-ring (bicyclic) bond motifs is 1. The highest BCUT2D eigenvalue weighted by Crippen LogP contribution is 2.74. The minimum atomic E-state index is -0.811. The van der Waals surface area contributed by atoms with E-state index in [-0.39, 0.29) is 28.8 Å². The van der Waals surface area contributed by atoms with Gasteiger partial charge in [-0.05, 0) is 56.2 Å². The van der Waals surface area contributed by atoms with E-state index in [4.69, 9.17) is 14.2 Å². The molecule has 34 heavy (non-hydrogen) atoms. The third-order valence-corrected chi connectivity index (χ3v) is 10.0. The highest BCUT2D eigenvalue weighted by Gasteiger charge is 2.80. The van der Waals surface area contributed by atoms with Gasteiger partial charge in [-0.3, -0.25) is 9.69 Å². The molecular formula is C28H34N2O4. The van der Waals surface area contributed by atoms with E-state index in [0.717, 1.165) is 43.2 Å². The van der Waals surface area contributed by atoms with Gasteiger partial charge in [0, 0.05) is 37.2 Å². The predicted octanol–water partition coefficient (Wildman–Crippen LogP) is 3.00. The highest BCUT2D eigenvalue weighted by molar-refractivity contribution is 5.83. The summed E-state index contributed by atoms with van der Waals surface area (Å²) < 4.78 is 19.0. The van der Waals surface area contributed by atoms with Crippen LogP contribution in [0.1, 0.15) is 36.8 Å². The summed E-state index contributed by atoms with van der Waals surface area (Å²) in [6, 6.07) is 4.68. The summed E-state index contributed by atoms with van der Waals surface area (Å²) in [5.41, 5.74) is 1.54. The second-order valence-corrected chi connectivity index (χ2v) is 11.2. The fourth-order valence-electron chi connectivity index (χ4n) is 8.52. The Hall–Kier alpha value is -2.31. The molecule has 1 amide bonds. The molecule has 0 radical (unpaired) electrons. The maximum Gasteiger partial charge on any atom is 0.226 e. The van der Waals surface area contributed by atoms with Crippen LogP contribution in [0.3, 0.4) is 0 Å². The second-order valence-electron chi connectivity index (χ2n) is 11.2. The van der Waals surface area contributed by atoms with E-state index >= 15 is 0 Å². The van der Waals surface area contributed by atoms with Gasteiger partial charge < -0.3 is 19.5 Å². The lowest BCUT2D eigenvalue weighted by molar-refractivity contribution is -0.215. The third kappa shape index (κ3) is 2.27. The normalized spacial score (nSPS) is 40.5. The lowest BCUT2D eigenvalue weighted by Gasteiger charge is -2.71. The van der Waals surface area contributed by atoms with Crippen molar-refractivity contribution >= 4 is 5.91 Å². The van der Waals surface area contributed by atoms with E-state index in [0.29, 0.717) is 12.6 Å². The third-order valence-electron chi connectivity index (χ3n) is 10.0. The van der Waals surface area contributed by atoms with Crippen LogP contribution in [-0.4, -0.2) is 62.4 Å². The van der Waals surface area contributed by atoms with E-state index in [9.17, 15) is 4.79 Å². The molecule has 5 aliphatic carbocycles. The van der Waals surface area contributed by atoms with Crippen molar-refractivity contribution in [2.24, 2.45) is 17.3 Å². The topological polar surface area (TPSA) is 60.0 Å². The van der Waals surface area contributed by atoms with Gasteiger partial charge in [0.1, 0.15) is 11.7 Å². The molecule has 0 aromatic heterocycles. The average Bonchev–Trinajstić information content (AvgIpc) is 3.60. The molecule has 6 atom stereocenters. The lowest BCUT2D eigenvalue weighted by Crippen LogP contribution is -2.80. The first kappa shape index (κ1) is 21.0. The molecule has 3 fully saturated rings. The van der Waals surface area contributed by atoms with E-state index in [1.165, 1.54) is 30.5 Å². The van der Waals surface area contributed by atoms with Crippen LogP contribution in [0.25, 0.3) is 0 Å². The van der Waals surface area contributed by atoms with Crippen molar-refractivity contribution in [2.75, 3.05) is 33.9 Å². The first-order valence-corrected chi connectivity index (χ1v) is 12.8. The van der Waals surface area contributed by atoms with Gasteiger partial charge in [0.25, 0.3) is 0 Å². The first-order valence-electron chi connectivity index (χ1n) is 12.8. The minimum Gasteiger partial charge on any atom is -0.493 e. The fourth-order valence-corrected chi connectivity index (χ4v) is 8.52. The summed E-state index contributed by atoms with van der Waals surface area (Å²) in [6.45, 7) is 6.48. The Morgan fingerprint density at radius 3 is 2.91 bits per heavy atom. The van der Waals surface area contributed by atoms with Crippen molar-refractivity contribution in [3.8, 4) is 11.5 Å². The van der Waals surface area contributed by atoms with Gasteiger partial charge in [-0.25, -0.2) is 0 Å². The first-order chi connectivity index (χ1) is 16.5. The van der Waals surface area contributed by atoms with Crippen LogP contribution >= 0.6 is 0 Å². The minimum absolute atomic E-state index is 0.0319. The largest absolute Gasteiger partial charge is 0.493 e. The van der Waals surface area contributed by atoms with E-state index in [1.807, 2.05) is 0 Å². The summed E-state index contributed by atoms with van der Waals surface area (Å²) in [5.74, 6) is 2.21. The molecule has 1 saturated heterocycles. The number of carbonyl (C=O) groups excluding carboxylic acids is 1. The number of likely N-dealkylation sites (tertiary alicyclic amines) is 1. The number of nitrogens with zero attached hydrogens (tertiary/aromatic N) is 1. The zero-order chi connectivity index (χ0) is 23.3. The van der Waals surface area contributed by atoms with Crippen molar-refractivity contribution in [1.29, 1.82) is 0 Å². The van der Waals surface area contributed by atoms with Crippen LogP contribution in [0, 0.1) is 17.3 Å². The number of rotatable bonds is 7. The number of nitrogens with one attached hydrogen (secondary N) is 1. The van der Waals surface area contributed by atoms with E-state index < -0.39 is 5.60 Å². The van der Waals surface area contributed by atoms with Crippen molar-refractivity contribution < 1.29 is 19.0 Å². The summed E-state index contributed by atoms with van der Waals surface area (Å²) in [5, 5.41) is 3.08.